The molecule has 0 saturated heterocycles. The molecule has 0 amide bonds. The summed E-state index contributed by atoms with van der Waals surface area (Å²) in [6.45, 7) is 5.48. The van der Waals surface area contributed by atoms with E-state index in [2.05, 4.69) is 41.7 Å². The predicted molar refractivity (Wildman–Crippen MR) is 72.3 cm³/mol. The lowest BCUT2D eigenvalue weighted by atomic mass is 10.1. The summed E-state index contributed by atoms with van der Waals surface area (Å²) in [5.41, 5.74) is 1.83. The number of benzene rings is 1. The van der Waals surface area contributed by atoms with Crippen LogP contribution in [0.1, 0.15) is 30.6 Å². The van der Waals surface area contributed by atoms with Crippen molar-refractivity contribution in [2.24, 2.45) is 5.92 Å². The van der Waals surface area contributed by atoms with Gasteiger partial charge >= 0.3 is 0 Å². The molecule has 0 aliphatic carbocycles. The summed E-state index contributed by atoms with van der Waals surface area (Å²) in [6, 6.07) is 5.82. The molecule has 0 unspecified atom stereocenters. The van der Waals surface area contributed by atoms with E-state index in [1.165, 1.54) is 6.42 Å². The molecule has 1 rings (SSSR count). The van der Waals surface area contributed by atoms with Gasteiger partial charge in [-0.3, -0.25) is 4.79 Å². The Morgan fingerprint density at radius 3 is 2.62 bits per heavy atom. The second-order valence-corrected chi connectivity index (χ2v) is 5.28. The van der Waals surface area contributed by atoms with Crippen LogP contribution in [0.5, 0.6) is 0 Å². The van der Waals surface area contributed by atoms with Crippen LogP contribution in [-0.2, 0) is 0 Å². The van der Waals surface area contributed by atoms with Gasteiger partial charge in [-0.2, -0.15) is 0 Å². The first-order chi connectivity index (χ1) is 7.54. The van der Waals surface area contributed by atoms with E-state index in [4.69, 9.17) is 0 Å². The lowest BCUT2D eigenvalue weighted by Gasteiger charge is -2.20. The number of hydrogen-bond donors (Lipinski definition) is 0. The van der Waals surface area contributed by atoms with Crippen LogP contribution in [0.15, 0.2) is 22.7 Å². The van der Waals surface area contributed by atoms with Gasteiger partial charge in [-0.25, -0.2) is 0 Å². The van der Waals surface area contributed by atoms with Crippen LogP contribution in [0.4, 0.5) is 5.69 Å². The van der Waals surface area contributed by atoms with Gasteiger partial charge in [0.15, 0.2) is 6.29 Å². The summed E-state index contributed by atoms with van der Waals surface area (Å²) in [7, 11) is 2.07. The molecule has 0 atom stereocenters. The molecule has 0 aromatic heterocycles. The van der Waals surface area contributed by atoms with Crippen molar-refractivity contribution in [3.05, 3.63) is 28.2 Å². The number of carbonyl (C=O) groups is 1. The molecular weight excluding hydrogens is 266 g/mol. The van der Waals surface area contributed by atoms with E-state index in [1.807, 2.05) is 18.2 Å². The third-order valence-corrected chi connectivity index (χ3v) is 3.28. The zero-order valence-corrected chi connectivity index (χ0v) is 11.6. The van der Waals surface area contributed by atoms with E-state index >= 15 is 0 Å². The molecule has 1 aromatic carbocycles. The Balaban J connectivity index is 2.72. The lowest BCUT2D eigenvalue weighted by Crippen LogP contribution is -2.19. The first-order valence-corrected chi connectivity index (χ1v) is 6.29. The zero-order chi connectivity index (χ0) is 12.1. The van der Waals surface area contributed by atoms with Crippen LogP contribution < -0.4 is 4.90 Å². The van der Waals surface area contributed by atoms with Crippen LogP contribution in [0.25, 0.3) is 0 Å². The molecule has 0 aliphatic rings. The summed E-state index contributed by atoms with van der Waals surface area (Å²) in [5.74, 6) is 0.708. The number of aldehydes is 1. The second-order valence-electron chi connectivity index (χ2n) is 4.43. The Kier molecular flexibility index (Phi) is 5.00. The number of hydrogen-bond acceptors (Lipinski definition) is 2. The fraction of sp³-hybridized carbons (Fsp3) is 0.462. The molecule has 0 spiro atoms. The maximum atomic E-state index is 10.7. The Hall–Kier alpha value is -0.830. The maximum absolute atomic E-state index is 10.7. The van der Waals surface area contributed by atoms with Gasteiger partial charge in [0, 0.05) is 29.3 Å². The minimum Gasteiger partial charge on any atom is -0.375 e. The van der Waals surface area contributed by atoms with Crippen molar-refractivity contribution in [1.29, 1.82) is 0 Å². The number of rotatable bonds is 5. The van der Waals surface area contributed by atoms with Gasteiger partial charge in [-0.15, -0.1) is 0 Å². The van der Waals surface area contributed by atoms with Crippen molar-refractivity contribution in [2.75, 3.05) is 18.5 Å². The van der Waals surface area contributed by atoms with E-state index in [-0.39, 0.29) is 0 Å². The van der Waals surface area contributed by atoms with Gasteiger partial charge in [0.05, 0.1) is 0 Å². The minimum absolute atomic E-state index is 0.695. The Bertz CT molecular complexity index is 363. The highest BCUT2D eigenvalue weighted by molar-refractivity contribution is 9.10. The topological polar surface area (TPSA) is 20.3 Å². The fourth-order valence-corrected chi connectivity index (χ4v) is 1.89. The maximum Gasteiger partial charge on any atom is 0.151 e. The molecule has 1 aromatic rings. The Labute approximate surface area is 106 Å². The largest absolute Gasteiger partial charge is 0.375 e. The van der Waals surface area contributed by atoms with Crippen molar-refractivity contribution in [2.45, 2.75) is 20.3 Å². The van der Waals surface area contributed by atoms with Gasteiger partial charge < -0.3 is 4.90 Å². The first kappa shape index (κ1) is 13.2. The van der Waals surface area contributed by atoms with E-state index in [0.717, 1.165) is 23.0 Å². The van der Waals surface area contributed by atoms with Crippen LogP contribution in [0.3, 0.4) is 0 Å². The van der Waals surface area contributed by atoms with Crippen LogP contribution >= 0.6 is 15.9 Å². The highest BCUT2D eigenvalue weighted by Crippen LogP contribution is 2.22. The van der Waals surface area contributed by atoms with E-state index in [1.54, 1.807) is 0 Å². The average Bonchev–Trinajstić information content (AvgIpc) is 2.25. The van der Waals surface area contributed by atoms with E-state index in [9.17, 15) is 4.79 Å². The smallest absolute Gasteiger partial charge is 0.151 e. The van der Waals surface area contributed by atoms with E-state index in [0.29, 0.717) is 11.5 Å². The van der Waals surface area contributed by atoms with Gasteiger partial charge in [0.1, 0.15) is 0 Å². The van der Waals surface area contributed by atoms with Crippen molar-refractivity contribution < 1.29 is 4.79 Å². The number of nitrogens with zero attached hydrogens (tertiary/aromatic N) is 1. The lowest BCUT2D eigenvalue weighted by molar-refractivity contribution is 0.112. The average molecular weight is 284 g/mol. The van der Waals surface area contributed by atoms with Crippen LogP contribution in [0, 0.1) is 5.92 Å². The predicted octanol–water partition coefficient (Wildman–Crippen LogP) is 3.74. The van der Waals surface area contributed by atoms with Crippen molar-refractivity contribution >= 4 is 27.9 Å². The van der Waals surface area contributed by atoms with Gasteiger partial charge in [-0.1, -0.05) is 13.8 Å². The normalized spacial score (nSPS) is 10.6. The molecule has 3 heteroatoms. The molecular formula is C13H18BrNO. The minimum atomic E-state index is 0.695. The molecule has 0 N–H and O–H groups in total. The highest BCUT2D eigenvalue weighted by atomic mass is 79.9. The molecule has 0 radical (unpaired) electrons. The molecule has 88 valence electrons. The van der Waals surface area contributed by atoms with Crippen LogP contribution in [-0.4, -0.2) is 19.9 Å². The molecule has 0 heterocycles. The van der Waals surface area contributed by atoms with Crippen molar-refractivity contribution in [3.63, 3.8) is 0 Å². The van der Waals surface area contributed by atoms with Gasteiger partial charge in [-0.05, 0) is 46.5 Å². The molecule has 0 aliphatic heterocycles. The third-order valence-electron chi connectivity index (χ3n) is 2.59. The zero-order valence-electron chi connectivity index (χ0n) is 10.0. The highest BCUT2D eigenvalue weighted by Gasteiger charge is 2.05. The Morgan fingerprint density at radius 2 is 2.12 bits per heavy atom. The summed E-state index contributed by atoms with van der Waals surface area (Å²) < 4.78 is 0.858. The fourth-order valence-electron chi connectivity index (χ4n) is 1.43. The quantitative estimate of drug-likeness (QED) is 0.768. The number of halogens is 1. The number of anilines is 1. The monoisotopic (exact) mass is 283 g/mol. The second kappa shape index (κ2) is 6.04. The van der Waals surface area contributed by atoms with Crippen molar-refractivity contribution in [3.8, 4) is 0 Å². The Morgan fingerprint density at radius 1 is 1.44 bits per heavy atom. The van der Waals surface area contributed by atoms with Gasteiger partial charge in [0.2, 0.25) is 0 Å². The number of carbonyl (C=O) groups excluding carboxylic acids is 1. The first-order valence-electron chi connectivity index (χ1n) is 5.50. The molecule has 0 fully saturated rings. The molecule has 0 saturated carbocycles. The third kappa shape index (κ3) is 3.63. The van der Waals surface area contributed by atoms with E-state index < -0.39 is 0 Å². The summed E-state index contributed by atoms with van der Waals surface area (Å²) in [4.78, 5) is 12.9. The van der Waals surface area contributed by atoms with Gasteiger partial charge in [0.25, 0.3) is 0 Å². The SMILES string of the molecule is CC(C)CCN(C)c1ccc(C=O)c(Br)c1. The molecule has 16 heavy (non-hydrogen) atoms. The molecule has 2 nitrogen and oxygen atoms in total. The van der Waals surface area contributed by atoms with Crippen molar-refractivity contribution in [1.82, 2.24) is 0 Å². The summed E-state index contributed by atoms with van der Waals surface area (Å²) in [6.07, 6.45) is 2.03. The summed E-state index contributed by atoms with van der Waals surface area (Å²) >= 11 is 3.40. The molecule has 0 bridgehead atoms. The standard InChI is InChI=1S/C13H18BrNO/c1-10(2)6-7-15(3)12-5-4-11(9-16)13(14)8-12/h4-5,8-10H,6-7H2,1-3H3. The van der Waals surface area contributed by atoms with Crippen LogP contribution in [0.2, 0.25) is 0 Å². The summed E-state index contributed by atoms with van der Waals surface area (Å²) in [5, 5.41) is 0.